The molecule has 0 radical (unpaired) electrons. The van der Waals surface area contributed by atoms with Crippen molar-refractivity contribution in [2.24, 2.45) is 4.99 Å². The van der Waals surface area contributed by atoms with Crippen LogP contribution in [0.1, 0.15) is 49.4 Å². The Hall–Kier alpha value is -2.44. The third-order valence-electron chi connectivity index (χ3n) is 4.98. The highest BCUT2D eigenvalue weighted by Gasteiger charge is 2.15. The number of benzene rings is 1. The van der Waals surface area contributed by atoms with Crippen LogP contribution >= 0.6 is 0 Å². The van der Waals surface area contributed by atoms with E-state index >= 15 is 0 Å². The van der Waals surface area contributed by atoms with Crippen LogP contribution in [0.5, 0.6) is 11.6 Å². The lowest BCUT2D eigenvalue weighted by atomic mass is 10.0. The van der Waals surface area contributed by atoms with Gasteiger partial charge in [-0.05, 0) is 68.6 Å². The van der Waals surface area contributed by atoms with E-state index in [1.807, 2.05) is 37.3 Å². The SMILES string of the molecule is Cc1ccc(C(=NCCN2CCCC2)NO)c(Oc2cccc(C(C)C)c2)n1. The van der Waals surface area contributed by atoms with Crippen LogP contribution in [0.2, 0.25) is 0 Å². The Morgan fingerprint density at radius 2 is 2.04 bits per heavy atom. The van der Waals surface area contributed by atoms with E-state index in [0.29, 0.717) is 29.7 Å². The minimum absolute atomic E-state index is 0.377. The molecule has 28 heavy (non-hydrogen) atoms. The molecule has 2 N–H and O–H groups in total. The maximum absolute atomic E-state index is 9.67. The molecule has 0 saturated carbocycles. The Bertz CT molecular complexity index is 814. The van der Waals surface area contributed by atoms with Gasteiger partial charge in [-0.1, -0.05) is 26.0 Å². The second kappa shape index (κ2) is 9.66. The van der Waals surface area contributed by atoms with Crippen LogP contribution in [0.3, 0.4) is 0 Å². The minimum Gasteiger partial charge on any atom is -0.438 e. The number of aromatic nitrogens is 1. The Morgan fingerprint density at radius 1 is 1.25 bits per heavy atom. The average Bonchev–Trinajstić information content (AvgIpc) is 3.20. The number of hydrogen-bond donors (Lipinski definition) is 2. The number of amidine groups is 1. The number of aliphatic imine (C=N–C) groups is 1. The molecule has 150 valence electrons. The molecule has 0 amide bonds. The van der Waals surface area contributed by atoms with Crippen LogP contribution in [0, 0.1) is 6.92 Å². The molecule has 1 saturated heterocycles. The molecule has 1 aliphatic rings. The number of ether oxygens (including phenoxy) is 1. The van der Waals surface area contributed by atoms with E-state index in [1.54, 1.807) is 0 Å². The van der Waals surface area contributed by atoms with Crippen LogP contribution in [0.15, 0.2) is 41.4 Å². The molecule has 0 atom stereocenters. The van der Waals surface area contributed by atoms with Gasteiger partial charge in [0.2, 0.25) is 5.88 Å². The summed E-state index contributed by atoms with van der Waals surface area (Å²) in [6.07, 6.45) is 2.51. The zero-order valence-corrected chi connectivity index (χ0v) is 17.0. The third-order valence-corrected chi connectivity index (χ3v) is 4.98. The number of hydroxylamine groups is 1. The summed E-state index contributed by atoms with van der Waals surface area (Å²) < 4.78 is 6.09. The molecule has 1 aliphatic heterocycles. The predicted molar refractivity (Wildman–Crippen MR) is 112 cm³/mol. The lowest BCUT2D eigenvalue weighted by Crippen LogP contribution is -2.26. The number of nitrogens with one attached hydrogen (secondary N) is 1. The van der Waals surface area contributed by atoms with Crippen molar-refractivity contribution in [3.05, 3.63) is 53.2 Å². The van der Waals surface area contributed by atoms with Gasteiger partial charge in [-0.3, -0.25) is 15.7 Å². The zero-order valence-electron chi connectivity index (χ0n) is 17.0. The van der Waals surface area contributed by atoms with E-state index in [4.69, 9.17) is 4.74 Å². The fraction of sp³-hybridized carbons (Fsp3) is 0.455. The third kappa shape index (κ3) is 5.30. The van der Waals surface area contributed by atoms with E-state index in [9.17, 15) is 5.21 Å². The van der Waals surface area contributed by atoms with Crippen molar-refractivity contribution >= 4 is 5.84 Å². The van der Waals surface area contributed by atoms with Gasteiger partial charge in [-0.2, -0.15) is 0 Å². The molecule has 6 nitrogen and oxygen atoms in total. The molecule has 0 spiro atoms. The summed E-state index contributed by atoms with van der Waals surface area (Å²) >= 11 is 0. The van der Waals surface area contributed by atoms with Crippen molar-refractivity contribution in [1.29, 1.82) is 0 Å². The largest absolute Gasteiger partial charge is 0.438 e. The van der Waals surface area contributed by atoms with Crippen molar-refractivity contribution in [1.82, 2.24) is 15.4 Å². The van der Waals surface area contributed by atoms with Gasteiger partial charge in [0.05, 0.1) is 12.1 Å². The van der Waals surface area contributed by atoms with Gasteiger partial charge in [0.15, 0.2) is 5.84 Å². The Kier molecular flexibility index (Phi) is 7.01. The quantitative estimate of drug-likeness (QED) is 0.428. The Labute approximate surface area is 167 Å². The van der Waals surface area contributed by atoms with Crippen molar-refractivity contribution in [2.75, 3.05) is 26.2 Å². The molecule has 2 aromatic rings. The molecule has 0 bridgehead atoms. The van der Waals surface area contributed by atoms with Gasteiger partial charge in [-0.15, -0.1) is 0 Å². The van der Waals surface area contributed by atoms with Crippen molar-refractivity contribution in [3.63, 3.8) is 0 Å². The summed E-state index contributed by atoms with van der Waals surface area (Å²) in [4.78, 5) is 11.5. The number of hydrogen-bond acceptors (Lipinski definition) is 5. The van der Waals surface area contributed by atoms with Gasteiger partial charge in [0.25, 0.3) is 0 Å². The summed E-state index contributed by atoms with van der Waals surface area (Å²) in [6.45, 7) is 9.97. The summed E-state index contributed by atoms with van der Waals surface area (Å²) in [5.41, 5.74) is 4.91. The maximum Gasteiger partial charge on any atom is 0.230 e. The number of likely N-dealkylation sites (tertiary alicyclic amines) is 1. The fourth-order valence-corrected chi connectivity index (χ4v) is 3.33. The van der Waals surface area contributed by atoms with Crippen molar-refractivity contribution in [3.8, 4) is 11.6 Å². The lowest BCUT2D eigenvalue weighted by Gasteiger charge is -2.15. The molecule has 1 aromatic carbocycles. The molecule has 1 aromatic heterocycles. The predicted octanol–water partition coefficient (Wildman–Crippen LogP) is 4.13. The van der Waals surface area contributed by atoms with E-state index in [0.717, 1.165) is 31.1 Å². The number of aryl methyl sites for hydroxylation is 1. The topological polar surface area (TPSA) is 70.0 Å². The van der Waals surface area contributed by atoms with Crippen molar-refractivity contribution in [2.45, 2.75) is 39.5 Å². The first kappa shape index (κ1) is 20.3. The maximum atomic E-state index is 9.67. The highest BCUT2D eigenvalue weighted by atomic mass is 16.5. The highest BCUT2D eigenvalue weighted by molar-refractivity contribution is 6.00. The standard InChI is InChI=1S/C22H30N4O2/c1-16(2)18-7-6-8-19(15-18)28-22-20(10-9-17(3)24-22)21(25-27)23-11-14-26-12-4-5-13-26/h6-10,15-16,27H,4-5,11-14H2,1-3H3,(H,23,25). The molecular weight excluding hydrogens is 352 g/mol. The van der Waals surface area contributed by atoms with Crippen LogP contribution in [-0.4, -0.2) is 47.1 Å². The molecule has 3 rings (SSSR count). The minimum atomic E-state index is 0.377. The number of nitrogens with zero attached hydrogens (tertiary/aromatic N) is 3. The average molecular weight is 383 g/mol. The van der Waals surface area contributed by atoms with Gasteiger partial charge in [0, 0.05) is 12.2 Å². The summed E-state index contributed by atoms with van der Waals surface area (Å²) in [6, 6.07) is 11.8. The van der Waals surface area contributed by atoms with Crippen LogP contribution < -0.4 is 10.2 Å². The molecule has 0 unspecified atom stereocenters. The normalized spacial score (nSPS) is 15.2. The van der Waals surface area contributed by atoms with E-state index < -0.39 is 0 Å². The van der Waals surface area contributed by atoms with Crippen molar-refractivity contribution < 1.29 is 9.94 Å². The van der Waals surface area contributed by atoms with Gasteiger partial charge >= 0.3 is 0 Å². The monoisotopic (exact) mass is 382 g/mol. The van der Waals surface area contributed by atoms with Crippen LogP contribution in [-0.2, 0) is 0 Å². The van der Waals surface area contributed by atoms with E-state index in [1.165, 1.54) is 18.4 Å². The number of pyridine rings is 1. The Morgan fingerprint density at radius 3 is 2.75 bits per heavy atom. The first-order valence-electron chi connectivity index (χ1n) is 9.99. The van der Waals surface area contributed by atoms with Gasteiger partial charge < -0.3 is 9.64 Å². The molecule has 6 heteroatoms. The lowest BCUT2D eigenvalue weighted by molar-refractivity contribution is 0.234. The molecular formula is C22H30N4O2. The molecule has 2 heterocycles. The zero-order chi connectivity index (χ0) is 19.9. The fourth-order valence-electron chi connectivity index (χ4n) is 3.33. The van der Waals surface area contributed by atoms with Gasteiger partial charge in [-0.25, -0.2) is 4.98 Å². The van der Waals surface area contributed by atoms with E-state index in [2.05, 4.69) is 40.3 Å². The summed E-state index contributed by atoms with van der Waals surface area (Å²) in [5, 5.41) is 9.67. The second-order valence-corrected chi connectivity index (χ2v) is 7.53. The summed E-state index contributed by atoms with van der Waals surface area (Å²) in [5.74, 6) is 1.94. The second-order valence-electron chi connectivity index (χ2n) is 7.53. The van der Waals surface area contributed by atoms with E-state index in [-0.39, 0.29) is 0 Å². The first-order valence-corrected chi connectivity index (χ1v) is 9.99. The Balaban J connectivity index is 1.81. The first-order chi connectivity index (χ1) is 13.6. The molecule has 0 aliphatic carbocycles. The van der Waals surface area contributed by atoms with Gasteiger partial charge in [0.1, 0.15) is 5.75 Å². The van der Waals surface area contributed by atoms with Crippen LogP contribution in [0.25, 0.3) is 0 Å². The molecule has 1 fully saturated rings. The van der Waals surface area contributed by atoms with Crippen LogP contribution in [0.4, 0.5) is 0 Å². The summed E-state index contributed by atoms with van der Waals surface area (Å²) in [7, 11) is 0. The highest BCUT2D eigenvalue weighted by Crippen LogP contribution is 2.27. The smallest absolute Gasteiger partial charge is 0.230 e. The number of rotatable bonds is 7.